The molecule has 0 aliphatic carbocycles. The van der Waals surface area contributed by atoms with Crippen molar-refractivity contribution in [2.24, 2.45) is 0 Å². The average molecular weight is 383 g/mol. The smallest absolute Gasteiger partial charge is 0.257 e. The third-order valence-corrected chi connectivity index (χ3v) is 4.71. The quantitative estimate of drug-likeness (QED) is 0.853. The number of ether oxygens (including phenoxy) is 2. The molecule has 2 aliphatic heterocycles. The molecule has 0 atom stereocenters. The van der Waals surface area contributed by atoms with E-state index in [4.69, 9.17) is 9.47 Å². The van der Waals surface area contributed by atoms with Gasteiger partial charge < -0.3 is 24.6 Å². The van der Waals surface area contributed by atoms with Crippen LogP contribution in [0.5, 0.6) is 11.5 Å². The first-order valence-electron chi connectivity index (χ1n) is 9.13. The van der Waals surface area contributed by atoms with Gasteiger partial charge in [0.2, 0.25) is 11.9 Å². The van der Waals surface area contributed by atoms with Crippen LogP contribution in [0.4, 0.5) is 11.6 Å². The first kappa shape index (κ1) is 18.0. The summed E-state index contributed by atoms with van der Waals surface area (Å²) in [7, 11) is 0. The second-order valence-electron chi connectivity index (χ2n) is 6.58. The Morgan fingerprint density at radius 1 is 0.964 bits per heavy atom. The van der Waals surface area contributed by atoms with Gasteiger partial charge in [0.1, 0.15) is 13.2 Å². The molecule has 0 unspecified atom stereocenters. The van der Waals surface area contributed by atoms with Gasteiger partial charge in [-0.25, -0.2) is 9.97 Å². The van der Waals surface area contributed by atoms with Gasteiger partial charge in [-0.05, 0) is 12.1 Å². The number of rotatable bonds is 3. The predicted molar refractivity (Wildman–Crippen MR) is 101 cm³/mol. The van der Waals surface area contributed by atoms with E-state index in [0.29, 0.717) is 62.4 Å². The molecule has 0 bridgehead atoms. The lowest BCUT2D eigenvalue weighted by molar-refractivity contribution is -0.130. The van der Waals surface area contributed by atoms with E-state index in [-0.39, 0.29) is 11.8 Å². The second-order valence-corrected chi connectivity index (χ2v) is 6.58. The fourth-order valence-corrected chi connectivity index (χ4v) is 3.16. The monoisotopic (exact) mass is 383 g/mol. The molecule has 0 saturated carbocycles. The number of hydrogen-bond acceptors (Lipinski definition) is 7. The molecule has 1 aromatic carbocycles. The van der Waals surface area contributed by atoms with Gasteiger partial charge in [-0.3, -0.25) is 9.59 Å². The van der Waals surface area contributed by atoms with Gasteiger partial charge in [0.15, 0.2) is 11.5 Å². The number of amides is 2. The number of aromatic nitrogens is 2. The summed E-state index contributed by atoms with van der Waals surface area (Å²) in [5.74, 6) is 1.67. The SMILES string of the molecule is CC(=O)N1CCN(C(=O)c2cnc(Nc3ccc4c(c3)OCCO4)nc2)CC1. The zero-order valence-electron chi connectivity index (χ0n) is 15.6. The van der Waals surface area contributed by atoms with Crippen LogP contribution in [-0.4, -0.2) is 71.0 Å². The van der Waals surface area contributed by atoms with Crippen molar-refractivity contribution in [2.45, 2.75) is 6.92 Å². The van der Waals surface area contributed by atoms with Gasteiger partial charge in [0.25, 0.3) is 5.91 Å². The topological polar surface area (TPSA) is 96.9 Å². The number of fused-ring (bicyclic) bond motifs is 1. The van der Waals surface area contributed by atoms with E-state index in [9.17, 15) is 9.59 Å². The molecule has 2 aliphatic rings. The van der Waals surface area contributed by atoms with Crippen molar-refractivity contribution in [1.82, 2.24) is 19.8 Å². The van der Waals surface area contributed by atoms with E-state index >= 15 is 0 Å². The van der Waals surface area contributed by atoms with Crippen LogP contribution in [0.1, 0.15) is 17.3 Å². The molecule has 9 nitrogen and oxygen atoms in total. The number of carbonyl (C=O) groups is 2. The Kier molecular flexibility index (Phi) is 4.96. The minimum absolute atomic E-state index is 0.0324. The maximum Gasteiger partial charge on any atom is 0.257 e. The number of nitrogens with one attached hydrogen (secondary N) is 1. The Bertz CT molecular complexity index is 878. The summed E-state index contributed by atoms with van der Waals surface area (Å²) in [5.41, 5.74) is 1.19. The van der Waals surface area contributed by atoms with Crippen molar-refractivity contribution in [3.63, 3.8) is 0 Å². The van der Waals surface area contributed by atoms with E-state index < -0.39 is 0 Å². The van der Waals surface area contributed by atoms with Crippen LogP contribution in [0.25, 0.3) is 0 Å². The lowest BCUT2D eigenvalue weighted by Crippen LogP contribution is -2.50. The van der Waals surface area contributed by atoms with Crippen molar-refractivity contribution in [2.75, 3.05) is 44.7 Å². The van der Waals surface area contributed by atoms with Gasteiger partial charge in [-0.15, -0.1) is 0 Å². The summed E-state index contributed by atoms with van der Waals surface area (Å²) >= 11 is 0. The highest BCUT2D eigenvalue weighted by Gasteiger charge is 2.23. The van der Waals surface area contributed by atoms with Crippen molar-refractivity contribution in [3.05, 3.63) is 36.2 Å². The minimum atomic E-state index is -0.130. The highest BCUT2D eigenvalue weighted by Crippen LogP contribution is 2.33. The van der Waals surface area contributed by atoms with E-state index in [1.807, 2.05) is 18.2 Å². The van der Waals surface area contributed by atoms with E-state index in [0.717, 1.165) is 5.69 Å². The second kappa shape index (κ2) is 7.71. The summed E-state index contributed by atoms with van der Waals surface area (Å²) in [6.07, 6.45) is 3.01. The lowest BCUT2D eigenvalue weighted by atomic mass is 10.2. The standard InChI is InChI=1S/C19H21N5O4/c1-13(25)23-4-6-24(7-5-23)18(26)14-11-20-19(21-12-14)22-15-2-3-16-17(10-15)28-9-8-27-16/h2-3,10-12H,4-9H2,1H3,(H,20,21,22). The highest BCUT2D eigenvalue weighted by atomic mass is 16.6. The Labute approximate surface area is 162 Å². The zero-order chi connectivity index (χ0) is 19.5. The van der Waals surface area contributed by atoms with Crippen LogP contribution in [-0.2, 0) is 4.79 Å². The van der Waals surface area contributed by atoms with Gasteiger partial charge >= 0.3 is 0 Å². The molecular weight excluding hydrogens is 362 g/mol. The summed E-state index contributed by atoms with van der Waals surface area (Å²) < 4.78 is 11.1. The molecule has 1 N–H and O–H groups in total. The van der Waals surface area contributed by atoms with Crippen LogP contribution >= 0.6 is 0 Å². The van der Waals surface area contributed by atoms with Crippen LogP contribution < -0.4 is 14.8 Å². The number of nitrogens with zero attached hydrogens (tertiary/aromatic N) is 4. The van der Waals surface area contributed by atoms with Crippen LogP contribution in [0.15, 0.2) is 30.6 Å². The number of piperazine rings is 1. The molecule has 0 spiro atoms. The van der Waals surface area contributed by atoms with Crippen LogP contribution in [0.2, 0.25) is 0 Å². The third kappa shape index (κ3) is 3.83. The molecule has 2 amide bonds. The molecule has 146 valence electrons. The van der Waals surface area contributed by atoms with E-state index in [1.54, 1.807) is 16.7 Å². The van der Waals surface area contributed by atoms with Gasteiger partial charge in [-0.2, -0.15) is 0 Å². The third-order valence-electron chi connectivity index (χ3n) is 4.71. The molecule has 9 heteroatoms. The first-order chi connectivity index (χ1) is 13.6. The fourth-order valence-electron chi connectivity index (χ4n) is 3.16. The molecule has 28 heavy (non-hydrogen) atoms. The Hall–Kier alpha value is -3.36. The largest absolute Gasteiger partial charge is 0.486 e. The number of anilines is 2. The number of carbonyl (C=O) groups excluding carboxylic acids is 2. The molecule has 4 rings (SSSR count). The van der Waals surface area contributed by atoms with Crippen molar-refractivity contribution in [3.8, 4) is 11.5 Å². The lowest BCUT2D eigenvalue weighted by Gasteiger charge is -2.34. The molecule has 1 aromatic heterocycles. The summed E-state index contributed by atoms with van der Waals surface area (Å²) in [6.45, 7) is 4.72. The molecule has 1 saturated heterocycles. The Morgan fingerprint density at radius 2 is 1.61 bits per heavy atom. The van der Waals surface area contributed by atoms with Crippen molar-refractivity contribution in [1.29, 1.82) is 0 Å². The zero-order valence-corrected chi connectivity index (χ0v) is 15.6. The summed E-state index contributed by atoms with van der Waals surface area (Å²) in [6, 6.07) is 5.51. The maximum absolute atomic E-state index is 12.6. The number of hydrogen-bond donors (Lipinski definition) is 1. The highest BCUT2D eigenvalue weighted by molar-refractivity contribution is 5.94. The normalized spacial score (nSPS) is 15.9. The molecular formula is C19H21N5O4. The van der Waals surface area contributed by atoms with E-state index in [1.165, 1.54) is 12.4 Å². The maximum atomic E-state index is 12.6. The molecule has 1 fully saturated rings. The van der Waals surface area contributed by atoms with Gasteiger partial charge in [0, 0.05) is 57.3 Å². The van der Waals surface area contributed by atoms with Gasteiger partial charge in [0.05, 0.1) is 5.56 Å². The Morgan fingerprint density at radius 3 is 2.29 bits per heavy atom. The first-order valence-corrected chi connectivity index (χ1v) is 9.13. The summed E-state index contributed by atoms with van der Waals surface area (Å²) in [5, 5.41) is 3.09. The Balaban J connectivity index is 1.39. The van der Waals surface area contributed by atoms with Crippen molar-refractivity contribution >= 4 is 23.5 Å². The minimum Gasteiger partial charge on any atom is -0.486 e. The van der Waals surface area contributed by atoms with Crippen LogP contribution in [0.3, 0.4) is 0 Å². The van der Waals surface area contributed by atoms with Crippen molar-refractivity contribution < 1.29 is 19.1 Å². The predicted octanol–water partition coefficient (Wildman–Crippen LogP) is 1.30. The number of benzene rings is 1. The average Bonchev–Trinajstić information content (AvgIpc) is 2.74. The van der Waals surface area contributed by atoms with Crippen LogP contribution in [0, 0.1) is 0 Å². The molecule has 0 radical (unpaired) electrons. The van der Waals surface area contributed by atoms with Gasteiger partial charge in [-0.1, -0.05) is 0 Å². The molecule has 3 heterocycles. The summed E-state index contributed by atoms with van der Waals surface area (Å²) in [4.78, 5) is 35.9. The molecule has 2 aromatic rings. The fraction of sp³-hybridized carbons (Fsp3) is 0.368. The van der Waals surface area contributed by atoms with E-state index in [2.05, 4.69) is 15.3 Å².